The van der Waals surface area contributed by atoms with Crippen LogP contribution in [0.25, 0.3) is 0 Å². The Balaban J connectivity index is 1.81. The van der Waals surface area contributed by atoms with Crippen LogP contribution in [0, 0.1) is 0 Å². The molecule has 130 valence electrons. The van der Waals surface area contributed by atoms with Gasteiger partial charge in [-0.1, -0.05) is 30.3 Å². The van der Waals surface area contributed by atoms with Gasteiger partial charge in [-0.3, -0.25) is 4.90 Å². The molecule has 0 aliphatic carbocycles. The maximum atomic E-state index is 5.40. The van der Waals surface area contributed by atoms with Gasteiger partial charge in [-0.15, -0.1) is 11.3 Å². The Morgan fingerprint density at radius 3 is 2.52 bits per heavy atom. The summed E-state index contributed by atoms with van der Waals surface area (Å²) in [6.45, 7) is 2.21. The van der Waals surface area contributed by atoms with Crippen molar-refractivity contribution >= 4 is 11.3 Å². The van der Waals surface area contributed by atoms with Gasteiger partial charge in [0.1, 0.15) is 5.01 Å². The van der Waals surface area contributed by atoms with Crippen molar-refractivity contribution in [3.63, 3.8) is 0 Å². The van der Waals surface area contributed by atoms with Crippen LogP contribution >= 0.6 is 11.3 Å². The first-order chi connectivity index (χ1) is 12.3. The number of nitrogens with zero attached hydrogens (tertiary/aromatic N) is 4. The van der Waals surface area contributed by atoms with Gasteiger partial charge in [0.25, 0.3) is 0 Å². The fourth-order valence-electron chi connectivity index (χ4n) is 2.53. The summed E-state index contributed by atoms with van der Waals surface area (Å²) in [7, 11) is 3.15. The summed E-state index contributed by atoms with van der Waals surface area (Å²) in [6.07, 6.45) is 3.59. The lowest BCUT2D eigenvalue weighted by Crippen LogP contribution is -2.23. The third-order valence-corrected chi connectivity index (χ3v) is 4.43. The van der Waals surface area contributed by atoms with Gasteiger partial charge in [0.15, 0.2) is 0 Å². The van der Waals surface area contributed by atoms with Crippen molar-refractivity contribution in [1.82, 2.24) is 19.9 Å². The van der Waals surface area contributed by atoms with Gasteiger partial charge in [-0.05, 0) is 5.56 Å². The summed E-state index contributed by atoms with van der Waals surface area (Å²) >= 11 is 1.65. The van der Waals surface area contributed by atoms with E-state index < -0.39 is 0 Å². The van der Waals surface area contributed by atoms with Gasteiger partial charge in [-0.2, -0.15) is 4.98 Å². The quantitative estimate of drug-likeness (QED) is 0.618. The fraction of sp³-hybridized carbons (Fsp3) is 0.278. The maximum Gasteiger partial charge on any atom is 0.319 e. The summed E-state index contributed by atoms with van der Waals surface area (Å²) in [5, 5.41) is 3.07. The Kier molecular flexibility index (Phi) is 5.92. The fourth-order valence-corrected chi connectivity index (χ4v) is 3.19. The van der Waals surface area contributed by atoms with E-state index in [1.54, 1.807) is 31.8 Å². The third-order valence-electron chi connectivity index (χ3n) is 3.66. The molecule has 0 aliphatic heterocycles. The van der Waals surface area contributed by atoms with Gasteiger partial charge in [0, 0.05) is 36.4 Å². The topological polar surface area (TPSA) is 60.4 Å². The van der Waals surface area contributed by atoms with Crippen molar-refractivity contribution in [2.24, 2.45) is 0 Å². The van der Waals surface area contributed by atoms with Crippen molar-refractivity contribution in [3.05, 3.63) is 64.2 Å². The molecule has 2 heterocycles. The van der Waals surface area contributed by atoms with E-state index in [4.69, 9.17) is 9.47 Å². The molecule has 3 rings (SSSR count). The minimum atomic E-state index is 0.301. The van der Waals surface area contributed by atoms with Crippen LogP contribution < -0.4 is 9.47 Å². The van der Waals surface area contributed by atoms with Gasteiger partial charge >= 0.3 is 6.01 Å². The van der Waals surface area contributed by atoms with Crippen LogP contribution in [0.4, 0.5) is 0 Å². The Morgan fingerprint density at radius 1 is 1.00 bits per heavy atom. The van der Waals surface area contributed by atoms with Crippen LogP contribution in [0.3, 0.4) is 0 Å². The zero-order chi connectivity index (χ0) is 17.5. The molecular weight excluding hydrogens is 336 g/mol. The lowest BCUT2D eigenvalue weighted by atomic mass is 10.2. The van der Waals surface area contributed by atoms with Gasteiger partial charge < -0.3 is 9.47 Å². The largest absolute Gasteiger partial charge is 0.481 e. The monoisotopic (exact) mass is 356 g/mol. The second-order valence-corrected chi connectivity index (χ2v) is 6.43. The lowest BCUT2D eigenvalue weighted by Gasteiger charge is -2.22. The second kappa shape index (κ2) is 8.55. The van der Waals surface area contributed by atoms with E-state index in [0.29, 0.717) is 18.4 Å². The number of ether oxygens (including phenoxy) is 2. The molecule has 0 aliphatic rings. The highest BCUT2D eigenvalue weighted by Gasteiger charge is 2.15. The summed E-state index contributed by atoms with van der Waals surface area (Å²) in [4.78, 5) is 15.2. The average Bonchev–Trinajstić information content (AvgIpc) is 3.16. The molecule has 0 spiro atoms. The molecule has 0 saturated heterocycles. The molecule has 1 aromatic carbocycles. The second-order valence-electron chi connectivity index (χ2n) is 5.45. The number of methoxy groups -OCH3 is 2. The molecule has 25 heavy (non-hydrogen) atoms. The van der Waals surface area contributed by atoms with Crippen LogP contribution in [0.15, 0.2) is 48.1 Å². The van der Waals surface area contributed by atoms with E-state index in [0.717, 1.165) is 23.7 Å². The van der Waals surface area contributed by atoms with Crippen LogP contribution in [0.1, 0.15) is 16.1 Å². The molecule has 7 heteroatoms. The van der Waals surface area contributed by atoms with Crippen molar-refractivity contribution in [2.75, 3.05) is 14.2 Å². The summed E-state index contributed by atoms with van der Waals surface area (Å²) in [6, 6.07) is 10.7. The molecule has 0 radical (unpaired) electrons. The summed E-state index contributed by atoms with van der Waals surface area (Å²) in [5.41, 5.74) is 2.16. The van der Waals surface area contributed by atoms with Crippen molar-refractivity contribution in [1.29, 1.82) is 0 Å². The van der Waals surface area contributed by atoms with Gasteiger partial charge in [0.05, 0.1) is 20.8 Å². The SMILES string of the molecule is COc1ncc(CN(Cc2ccccc2)Cc2nccs2)c(OC)n1. The van der Waals surface area contributed by atoms with Crippen molar-refractivity contribution in [3.8, 4) is 11.9 Å². The molecule has 2 aromatic heterocycles. The number of benzene rings is 1. The molecular formula is C18H20N4O2S. The van der Waals surface area contributed by atoms with E-state index >= 15 is 0 Å². The van der Waals surface area contributed by atoms with E-state index in [-0.39, 0.29) is 0 Å². The van der Waals surface area contributed by atoms with Crippen molar-refractivity contribution < 1.29 is 9.47 Å². The predicted molar refractivity (Wildman–Crippen MR) is 96.6 cm³/mol. The Bertz CT molecular complexity index is 781. The number of hydrogen-bond donors (Lipinski definition) is 0. The first-order valence-corrected chi connectivity index (χ1v) is 8.75. The van der Waals surface area contributed by atoms with Gasteiger partial charge in [0.2, 0.25) is 5.88 Å². The smallest absolute Gasteiger partial charge is 0.319 e. The highest BCUT2D eigenvalue weighted by Crippen LogP contribution is 2.21. The Hall–Kier alpha value is -2.51. The highest BCUT2D eigenvalue weighted by atomic mass is 32.1. The first-order valence-electron chi connectivity index (χ1n) is 7.87. The highest BCUT2D eigenvalue weighted by molar-refractivity contribution is 7.09. The van der Waals surface area contributed by atoms with E-state index in [2.05, 4.69) is 32.0 Å². The molecule has 0 atom stereocenters. The summed E-state index contributed by atoms with van der Waals surface area (Å²) < 4.78 is 10.5. The predicted octanol–water partition coefficient (Wildman–Crippen LogP) is 3.15. The molecule has 3 aromatic rings. The van der Waals surface area contributed by atoms with Crippen LogP contribution in [0.5, 0.6) is 11.9 Å². The van der Waals surface area contributed by atoms with Crippen LogP contribution in [-0.4, -0.2) is 34.1 Å². The zero-order valence-corrected chi connectivity index (χ0v) is 15.1. The van der Waals surface area contributed by atoms with E-state index in [1.165, 1.54) is 5.56 Å². The van der Waals surface area contributed by atoms with E-state index in [9.17, 15) is 0 Å². The number of hydrogen-bond acceptors (Lipinski definition) is 7. The Morgan fingerprint density at radius 2 is 1.84 bits per heavy atom. The molecule has 0 amide bonds. The standard InChI is InChI=1S/C18H20N4O2S/c1-23-17-15(10-20-18(21-17)24-2)12-22(13-16-19-8-9-25-16)11-14-6-4-3-5-7-14/h3-10H,11-13H2,1-2H3. The molecule has 0 N–H and O–H groups in total. The molecule has 0 fully saturated rings. The molecule has 0 unspecified atom stereocenters. The third kappa shape index (κ3) is 4.74. The van der Waals surface area contributed by atoms with Crippen LogP contribution in [0.2, 0.25) is 0 Å². The molecule has 0 saturated carbocycles. The first kappa shape index (κ1) is 17.3. The Labute approximate surface area is 151 Å². The molecule has 0 bridgehead atoms. The van der Waals surface area contributed by atoms with Crippen molar-refractivity contribution in [2.45, 2.75) is 19.6 Å². The lowest BCUT2D eigenvalue weighted by molar-refractivity contribution is 0.240. The minimum Gasteiger partial charge on any atom is -0.481 e. The maximum absolute atomic E-state index is 5.40. The zero-order valence-electron chi connectivity index (χ0n) is 14.3. The minimum absolute atomic E-state index is 0.301. The number of thiazole rings is 1. The number of aromatic nitrogens is 3. The normalized spacial score (nSPS) is 10.8. The molecule has 6 nitrogen and oxygen atoms in total. The van der Waals surface area contributed by atoms with E-state index in [1.807, 2.05) is 29.8 Å². The summed E-state index contributed by atoms with van der Waals surface area (Å²) in [5.74, 6) is 0.532. The van der Waals surface area contributed by atoms with Crippen LogP contribution in [-0.2, 0) is 19.6 Å². The van der Waals surface area contributed by atoms with Gasteiger partial charge in [-0.25, -0.2) is 9.97 Å². The average molecular weight is 356 g/mol. The number of rotatable bonds is 8.